The van der Waals surface area contributed by atoms with E-state index < -0.39 is 0 Å². The van der Waals surface area contributed by atoms with E-state index in [-0.39, 0.29) is 41.3 Å². The number of benzene rings is 1. The maximum absolute atomic E-state index is 12.3. The van der Waals surface area contributed by atoms with E-state index in [9.17, 15) is 19.2 Å². The van der Waals surface area contributed by atoms with Crippen LogP contribution in [0.4, 0.5) is 4.79 Å². The minimum atomic E-state index is -0.366. The molecule has 0 aliphatic carbocycles. The lowest BCUT2D eigenvalue weighted by atomic mass is 10.2. The molecule has 8 nitrogen and oxygen atoms in total. The lowest BCUT2D eigenvalue weighted by Crippen LogP contribution is -2.43. The molecular weight excluding hydrogens is 358 g/mol. The number of ether oxygens (including phenoxy) is 1. The molecule has 9 heteroatoms. The molecule has 1 atom stereocenters. The Kier molecular flexibility index (Phi) is 5.46. The molecule has 26 heavy (non-hydrogen) atoms. The molecule has 138 valence electrons. The largest absolute Gasteiger partial charge is 0.497 e. The van der Waals surface area contributed by atoms with Crippen LogP contribution in [-0.2, 0) is 9.59 Å². The van der Waals surface area contributed by atoms with E-state index in [0.717, 1.165) is 11.8 Å². The zero-order chi connectivity index (χ0) is 18.7. The summed E-state index contributed by atoms with van der Waals surface area (Å²) in [7, 11) is 1.51. The fraction of sp³-hybridized carbons (Fsp3) is 0.412. The van der Waals surface area contributed by atoms with Crippen LogP contribution in [0.15, 0.2) is 24.3 Å². The number of nitrogens with one attached hydrogen (secondary N) is 1. The van der Waals surface area contributed by atoms with Crippen molar-refractivity contribution in [2.45, 2.75) is 12.5 Å². The molecule has 1 unspecified atom stereocenters. The van der Waals surface area contributed by atoms with Crippen LogP contribution in [0.25, 0.3) is 0 Å². The van der Waals surface area contributed by atoms with Crippen LogP contribution in [0.1, 0.15) is 16.8 Å². The summed E-state index contributed by atoms with van der Waals surface area (Å²) in [6, 6.07) is 6.38. The molecule has 0 aromatic heterocycles. The first kappa shape index (κ1) is 18.2. The molecule has 0 spiro atoms. The Morgan fingerprint density at radius 2 is 2.15 bits per heavy atom. The van der Waals surface area contributed by atoms with Gasteiger partial charge in [-0.1, -0.05) is 17.8 Å². The summed E-state index contributed by atoms with van der Waals surface area (Å²) in [5.74, 6) is -0.0838. The van der Waals surface area contributed by atoms with E-state index in [0.29, 0.717) is 30.8 Å². The van der Waals surface area contributed by atoms with Crippen molar-refractivity contribution in [2.75, 3.05) is 32.5 Å². The van der Waals surface area contributed by atoms with Crippen LogP contribution in [0, 0.1) is 0 Å². The zero-order valence-electron chi connectivity index (χ0n) is 14.3. The lowest BCUT2D eigenvalue weighted by Gasteiger charge is -2.22. The van der Waals surface area contributed by atoms with Gasteiger partial charge in [0.1, 0.15) is 5.75 Å². The van der Waals surface area contributed by atoms with Crippen molar-refractivity contribution < 1.29 is 23.9 Å². The highest BCUT2D eigenvalue weighted by Crippen LogP contribution is 2.26. The number of hydrogen-bond acceptors (Lipinski definition) is 6. The number of methoxy groups -OCH3 is 1. The van der Waals surface area contributed by atoms with E-state index in [2.05, 4.69) is 5.32 Å². The summed E-state index contributed by atoms with van der Waals surface area (Å²) in [6.45, 7) is 0.631. The Labute approximate surface area is 154 Å². The summed E-state index contributed by atoms with van der Waals surface area (Å²) < 4.78 is 5.07. The number of imide groups is 1. The normalized spacial score (nSPS) is 19.8. The fourth-order valence-electron chi connectivity index (χ4n) is 3.03. The van der Waals surface area contributed by atoms with Crippen molar-refractivity contribution in [3.05, 3.63) is 29.8 Å². The van der Waals surface area contributed by atoms with Gasteiger partial charge in [-0.15, -0.1) is 0 Å². The zero-order valence-corrected chi connectivity index (χ0v) is 15.1. The van der Waals surface area contributed by atoms with Crippen molar-refractivity contribution in [1.29, 1.82) is 0 Å². The fourth-order valence-corrected chi connectivity index (χ4v) is 3.81. The predicted molar refractivity (Wildman–Crippen MR) is 95.0 cm³/mol. The van der Waals surface area contributed by atoms with Gasteiger partial charge in [-0.3, -0.25) is 24.1 Å². The van der Waals surface area contributed by atoms with Gasteiger partial charge in [-0.05, 0) is 24.6 Å². The van der Waals surface area contributed by atoms with Crippen LogP contribution in [0.5, 0.6) is 5.75 Å². The molecule has 1 N–H and O–H groups in total. The van der Waals surface area contributed by atoms with Crippen molar-refractivity contribution in [3.8, 4) is 5.75 Å². The second-order valence-corrected chi connectivity index (χ2v) is 6.94. The van der Waals surface area contributed by atoms with Gasteiger partial charge in [0.15, 0.2) is 0 Å². The molecule has 1 aromatic carbocycles. The van der Waals surface area contributed by atoms with Gasteiger partial charge < -0.3 is 15.0 Å². The molecule has 3 rings (SSSR count). The number of rotatable bonds is 5. The van der Waals surface area contributed by atoms with Gasteiger partial charge in [-0.25, -0.2) is 0 Å². The van der Waals surface area contributed by atoms with E-state index in [4.69, 9.17) is 4.74 Å². The number of nitrogens with zero attached hydrogens (tertiary/aromatic N) is 2. The quantitative estimate of drug-likeness (QED) is 0.812. The van der Waals surface area contributed by atoms with E-state index in [1.165, 1.54) is 12.0 Å². The predicted octanol–water partition coefficient (Wildman–Crippen LogP) is 0.721. The number of likely N-dealkylation sites (tertiary alicyclic amines) is 1. The second kappa shape index (κ2) is 7.77. The first-order valence-corrected chi connectivity index (χ1v) is 9.17. The van der Waals surface area contributed by atoms with Gasteiger partial charge >= 0.3 is 0 Å². The topological polar surface area (TPSA) is 96.0 Å². The van der Waals surface area contributed by atoms with Crippen molar-refractivity contribution >= 4 is 34.7 Å². The minimum Gasteiger partial charge on any atom is -0.497 e. The third-order valence-electron chi connectivity index (χ3n) is 4.40. The van der Waals surface area contributed by atoms with Gasteiger partial charge in [-0.2, -0.15) is 0 Å². The number of carbonyl (C=O) groups is 4. The third-order valence-corrected chi connectivity index (χ3v) is 5.23. The van der Waals surface area contributed by atoms with Gasteiger partial charge in [0.05, 0.1) is 25.4 Å². The first-order chi connectivity index (χ1) is 12.5. The molecular formula is C17H19N3O5S. The monoisotopic (exact) mass is 377 g/mol. The minimum absolute atomic E-state index is 0.139. The Morgan fingerprint density at radius 1 is 1.35 bits per heavy atom. The average molecular weight is 377 g/mol. The van der Waals surface area contributed by atoms with Crippen LogP contribution in [0.2, 0.25) is 0 Å². The van der Waals surface area contributed by atoms with Gasteiger partial charge in [0.25, 0.3) is 11.1 Å². The number of thioether (sulfide) groups is 1. The summed E-state index contributed by atoms with van der Waals surface area (Å²) in [5.41, 5.74) is 0.404. The number of carbonyl (C=O) groups excluding carboxylic acids is 4. The molecule has 2 aliphatic rings. The van der Waals surface area contributed by atoms with Gasteiger partial charge in [0.2, 0.25) is 11.8 Å². The highest BCUT2D eigenvalue weighted by molar-refractivity contribution is 8.14. The highest BCUT2D eigenvalue weighted by Gasteiger charge is 2.40. The van der Waals surface area contributed by atoms with Crippen LogP contribution in [0.3, 0.4) is 0 Å². The Morgan fingerprint density at radius 3 is 2.85 bits per heavy atom. The maximum atomic E-state index is 12.3. The lowest BCUT2D eigenvalue weighted by molar-refractivity contribution is -0.130. The van der Waals surface area contributed by atoms with E-state index >= 15 is 0 Å². The van der Waals surface area contributed by atoms with E-state index in [1.54, 1.807) is 29.2 Å². The average Bonchev–Trinajstić information content (AvgIpc) is 3.26. The summed E-state index contributed by atoms with van der Waals surface area (Å²) in [6.07, 6.45) is 0.563. The second-order valence-electron chi connectivity index (χ2n) is 6.02. The number of amides is 4. The van der Waals surface area contributed by atoms with Crippen LogP contribution < -0.4 is 10.1 Å². The van der Waals surface area contributed by atoms with Crippen molar-refractivity contribution in [2.24, 2.45) is 0 Å². The first-order valence-electron chi connectivity index (χ1n) is 8.18. The summed E-state index contributed by atoms with van der Waals surface area (Å²) in [5, 5.41) is 2.34. The highest BCUT2D eigenvalue weighted by atomic mass is 32.2. The molecule has 0 bridgehead atoms. The Hall–Kier alpha value is -2.55. The van der Waals surface area contributed by atoms with Crippen LogP contribution >= 0.6 is 11.8 Å². The van der Waals surface area contributed by atoms with E-state index in [1.807, 2.05) is 0 Å². The Bertz CT molecular complexity index is 738. The summed E-state index contributed by atoms with van der Waals surface area (Å²) >= 11 is 0.991. The van der Waals surface area contributed by atoms with Gasteiger partial charge in [0, 0.05) is 18.7 Å². The molecule has 2 aliphatic heterocycles. The molecule has 1 aromatic rings. The molecule has 0 saturated carbocycles. The molecule has 2 heterocycles. The molecule has 2 saturated heterocycles. The molecule has 4 amide bonds. The maximum Gasteiger partial charge on any atom is 0.289 e. The van der Waals surface area contributed by atoms with Crippen LogP contribution in [-0.4, -0.2) is 71.3 Å². The Balaban J connectivity index is 1.52. The van der Waals surface area contributed by atoms with Crippen molar-refractivity contribution in [1.82, 2.24) is 15.1 Å². The standard InChI is InChI=1S/C17H19N3O5S/c1-25-13-4-2-3-11(7-13)16(23)18-8-14(21)19-6-5-12(9-19)20-15(22)10-26-17(20)24/h2-4,7,12H,5-6,8-10H2,1H3,(H,18,23). The molecule has 0 radical (unpaired) electrons. The smallest absolute Gasteiger partial charge is 0.289 e. The number of hydrogen-bond donors (Lipinski definition) is 1. The third kappa shape index (κ3) is 3.82. The summed E-state index contributed by atoms with van der Waals surface area (Å²) in [4.78, 5) is 50.9. The molecule has 2 fully saturated rings. The SMILES string of the molecule is COc1cccc(C(=O)NCC(=O)N2CCC(N3C(=O)CSC3=O)C2)c1. The van der Waals surface area contributed by atoms with Crippen molar-refractivity contribution in [3.63, 3.8) is 0 Å².